The number of carbonyl (C=O) groups is 1. The SMILES string of the molecule is CCOc1cc(/C=N/NC(=O)[C@@H]2C[C@@H]2c2ccc(C(C)(C)C)cc2)ccc1OC. The van der Waals surface area contributed by atoms with Crippen LogP contribution in [-0.4, -0.2) is 25.8 Å². The van der Waals surface area contributed by atoms with E-state index in [0.29, 0.717) is 18.1 Å². The second-order valence-electron chi connectivity index (χ2n) is 8.40. The van der Waals surface area contributed by atoms with Gasteiger partial charge in [0, 0.05) is 5.92 Å². The van der Waals surface area contributed by atoms with Crippen molar-refractivity contribution < 1.29 is 14.3 Å². The topological polar surface area (TPSA) is 59.9 Å². The second kappa shape index (κ2) is 8.68. The number of ether oxygens (including phenoxy) is 2. The van der Waals surface area contributed by atoms with Crippen LogP contribution in [0.4, 0.5) is 0 Å². The maximum atomic E-state index is 12.4. The van der Waals surface area contributed by atoms with Gasteiger partial charge in [-0.15, -0.1) is 0 Å². The lowest BCUT2D eigenvalue weighted by molar-refractivity contribution is -0.122. The quantitative estimate of drug-likeness (QED) is 0.549. The van der Waals surface area contributed by atoms with E-state index in [1.165, 1.54) is 11.1 Å². The van der Waals surface area contributed by atoms with Gasteiger partial charge < -0.3 is 9.47 Å². The summed E-state index contributed by atoms with van der Waals surface area (Å²) in [7, 11) is 1.61. The molecule has 0 radical (unpaired) electrons. The third-order valence-electron chi connectivity index (χ3n) is 5.21. The van der Waals surface area contributed by atoms with E-state index in [1.807, 2.05) is 25.1 Å². The molecule has 29 heavy (non-hydrogen) atoms. The van der Waals surface area contributed by atoms with Crippen molar-refractivity contribution in [3.63, 3.8) is 0 Å². The molecular weight excluding hydrogens is 364 g/mol. The Kier molecular flexibility index (Phi) is 6.26. The predicted octanol–water partition coefficient (Wildman–Crippen LogP) is 4.65. The number of benzene rings is 2. The molecule has 5 nitrogen and oxygen atoms in total. The number of methoxy groups -OCH3 is 1. The highest BCUT2D eigenvalue weighted by atomic mass is 16.5. The van der Waals surface area contributed by atoms with Gasteiger partial charge in [0.15, 0.2) is 11.5 Å². The van der Waals surface area contributed by atoms with Gasteiger partial charge >= 0.3 is 0 Å². The third kappa shape index (κ3) is 5.17. The number of hydrogen-bond acceptors (Lipinski definition) is 4. The maximum Gasteiger partial charge on any atom is 0.243 e. The first-order chi connectivity index (χ1) is 13.8. The molecule has 1 N–H and O–H groups in total. The third-order valence-corrected chi connectivity index (χ3v) is 5.21. The van der Waals surface area contributed by atoms with E-state index >= 15 is 0 Å². The Balaban J connectivity index is 1.56. The molecule has 0 heterocycles. The van der Waals surface area contributed by atoms with Crippen molar-refractivity contribution in [1.29, 1.82) is 0 Å². The van der Waals surface area contributed by atoms with Crippen molar-refractivity contribution >= 4 is 12.1 Å². The van der Waals surface area contributed by atoms with Crippen LogP contribution < -0.4 is 14.9 Å². The van der Waals surface area contributed by atoms with E-state index in [1.54, 1.807) is 13.3 Å². The first kappa shape index (κ1) is 20.9. The Morgan fingerprint density at radius 3 is 2.52 bits per heavy atom. The van der Waals surface area contributed by atoms with Gasteiger partial charge in [-0.3, -0.25) is 4.79 Å². The van der Waals surface area contributed by atoms with Crippen molar-refractivity contribution in [3.05, 3.63) is 59.2 Å². The minimum Gasteiger partial charge on any atom is -0.493 e. The summed E-state index contributed by atoms with van der Waals surface area (Å²) in [6.07, 6.45) is 2.49. The average Bonchev–Trinajstić information content (AvgIpc) is 3.49. The molecular formula is C24H30N2O3. The summed E-state index contributed by atoms with van der Waals surface area (Å²) in [5.74, 6) is 1.56. The van der Waals surface area contributed by atoms with Crippen molar-refractivity contribution in [2.24, 2.45) is 11.0 Å². The fraction of sp³-hybridized carbons (Fsp3) is 0.417. The van der Waals surface area contributed by atoms with Crippen LogP contribution in [0, 0.1) is 5.92 Å². The van der Waals surface area contributed by atoms with E-state index < -0.39 is 0 Å². The minimum absolute atomic E-state index is 0.0116. The summed E-state index contributed by atoms with van der Waals surface area (Å²) in [4.78, 5) is 12.4. The van der Waals surface area contributed by atoms with E-state index in [0.717, 1.165) is 12.0 Å². The maximum absolute atomic E-state index is 12.4. The first-order valence-corrected chi connectivity index (χ1v) is 10.1. The lowest BCUT2D eigenvalue weighted by atomic mass is 9.86. The van der Waals surface area contributed by atoms with Gasteiger partial charge in [0.2, 0.25) is 5.91 Å². The molecule has 0 saturated heterocycles. The molecule has 0 spiro atoms. The molecule has 2 aromatic carbocycles. The molecule has 1 amide bonds. The van der Waals surface area contributed by atoms with Gasteiger partial charge in [-0.1, -0.05) is 45.0 Å². The smallest absolute Gasteiger partial charge is 0.243 e. The zero-order chi connectivity index (χ0) is 21.0. The first-order valence-electron chi connectivity index (χ1n) is 10.1. The standard InChI is InChI=1S/C24H30N2O3/c1-6-29-22-13-16(7-12-21(22)28-5)15-25-26-23(27)20-14-19(20)17-8-10-18(11-9-17)24(2,3)4/h7-13,15,19-20H,6,14H2,1-5H3,(H,26,27)/b25-15+/t19-,20-/m1/s1. The summed E-state index contributed by atoms with van der Waals surface area (Å²) in [6.45, 7) is 9.07. The van der Waals surface area contributed by atoms with Crippen molar-refractivity contribution in [1.82, 2.24) is 5.43 Å². The largest absolute Gasteiger partial charge is 0.493 e. The highest BCUT2D eigenvalue weighted by Crippen LogP contribution is 2.47. The van der Waals surface area contributed by atoms with Gasteiger partial charge in [-0.2, -0.15) is 5.10 Å². The molecule has 0 aliphatic heterocycles. The Hall–Kier alpha value is -2.82. The highest BCUT2D eigenvalue weighted by molar-refractivity contribution is 5.86. The number of carbonyl (C=O) groups excluding carboxylic acids is 1. The van der Waals surface area contributed by atoms with Gasteiger partial charge in [0.05, 0.1) is 19.9 Å². The van der Waals surface area contributed by atoms with Crippen LogP contribution in [0.15, 0.2) is 47.6 Å². The molecule has 3 rings (SSSR count). The van der Waals surface area contributed by atoms with Gasteiger partial charge in [-0.05, 0) is 59.6 Å². The van der Waals surface area contributed by atoms with E-state index in [4.69, 9.17) is 9.47 Å². The Morgan fingerprint density at radius 1 is 1.17 bits per heavy atom. The summed E-state index contributed by atoms with van der Waals surface area (Å²) < 4.78 is 10.8. The molecule has 0 unspecified atom stereocenters. The normalized spacial score (nSPS) is 18.5. The molecule has 1 aliphatic carbocycles. The van der Waals surface area contributed by atoms with E-state index in [-0.39, 0.29) is 23.2 Å². The Labute approximate surface area is 173 Å². The Bertz CT molecular complexity index is 882. The highest BCUT2D eigenvalue weighted by Gasteiger charge is 2.44. The lowest BCUT2D eigenvalue weighted by Crippen LogP contribution is -2.20. The Morgan fingerprint density at radius 2 is 1.90 bits per heavy atom. The molecule has 2 aromatic rings. The van der Waals surface area contributed by atoms with Crippen LogP contribution >= 0.6 is 0 Å². The minimum atomic E-state index is -0.0373. The molecule has 154 valence electrons. The molecule has 5 heteroatoms. The van der Waals surface area contributed by atoms with E-state index in [9.17, 15) is 4.79 Å². The van der Waals surface area contributed by atoms with Crippen LogP contribution in [-0.2, 0) is 10.2 Å². The zero-order valence-corrected chi connectivity index (χ0v) is 17.9. The number of nitrogens with one attached hydrogen (secondary N) is 1. The summed E-state index contributed by atoms with van der Waals surface area (Å²) in [5.41, 5.74) is 6.16. The lowest BCUT2D eigenvalue weighted by Gasteiger charge is -2.19. The van der Waals surface area contributed by atoms with Gasteiger partial charge in [-0.25, -0.2) is 5.43 Å². The molecule has 2 atom stereocenters. The number of rotatable bonds is 7. The van der Waals surface area contributed by atoms with Crippen LogP contribution in [0.25, 0.3) is 0 Å². The predicted molar refractivity (Wildman–Crippen MR) is 116 cm³/mol. The van der Waals surface area contributed by atoms with Gasteiger partial charge in [0.1, 0.15) is 0 Å². The fourth-order valence-corrected chi connectivity index (χ4v) is 3.38. The monoisotopic (exact) mass is 394 g/mol. The number of nitrogens with zero attached hydrogens (tertiary/aromatic N) is 1. The van der Waals surface area contributed by atoms with Crippen LogP contribution in [0.3, 0.4) is 0 Å². The number of hydrogen-bond donors (Lipinski definition) is 1. The number of hydrazone groups is 1. The van der Waals surface area contributed by atoms with Crippen LogP contribution in [0.2, 0.25) is 0 Å². The van der Waals surface area contributed by atoms with Crippen LogP contribution in [0.1, 0.15) is 56.7 Å². The molecule has 0 bridgehead atoms. The van der Waals surface area contributed by atoms with Crippen molar-refractivity contribution in [2.45, 2.75) is 45.4 Å². The number of amides is 1. The molecule has 1 saturated carbocycles. The fourth-order valence-electron chi connectivity index (χ4n) is 3.38. The molecule has 1 fully saturated rings. The summed E-state index contributed by atoms with van der Waals surface area (Å²) in [5, 5.41) is 4.11. The zero-order valence-electron chi connectivity index (χ0n) is 17.9. The van der Waals surface area contributed by atoms with Crippen molar-refractivity contribution in [3.8, 4) is 11.5 Å². The molecule has 0 aromatic heterocycles. The summed E-state index contributed by atoms with van der Waals surface area (Å²) in [6, 6.07) is 14.2. The second-order valence-corrected chi connectivity index (χ2v) is 8.40. The van der Waals surface area contributed by atoms with E-state index in [2.05, 4.69) is 55.6 Å². The summed E-state index contributed by atoms with van der Waals surface area (Å²) >= 11 is 0. The average molecular weight is 395 g/mol. The van der Waals surface area contributed by atoms with Gasteiger partial charge in [0.25, 0.3) is 0 Å². The molecule has 1 aliphatic rings. The van der Waals surface area contributed by atoms with Crippen molar-refractivity contribution in [2.75, 3.05) is 13.7 Å². The van der Waals surface area contributed by atoms with Crippen LogP contribution in [0.5, 0.6) is 11.5 Å².